The van der Waals surface area contributed by atoms with E-state index in [2.05, 4.69) is 5.32 Å². The van der Waals surface area contributed by atoms with Crippen molar-refractivity contribution in [2.24, 2.45) is 0 Å². The van der Waals surface area contributed by atoms with Crippen molar-refractivity contribution in [3.63, 3.8) is 0 Å². The summed E-state index contributed by atoms with van der Waals surface area (Å²) < 4.78 is 16.3. The molecule has 0 spiro atoms. The van der Waals surface area contributed by atoms with Gasteiger partial charge in [-0.1, -0.05) is 18.2 Å². The number of hydrogen-bond donors (Lipinski definition) is 6. The lowest BCUT2D eigenvalue weighted by atomic mass is 9.99. The summed E-state index contributed by atoms with van der Waals surface area (Å²) in [5, 5.41) is 51.3. The second kappa shape index (κ2) is 11.8. The molecule has 0 unspecified atom stereocenters. The van der Waals surface area contributed by atoms with E-state index in [-0.39, 0.29) is 23.2 Å². The predicted octanol–water partition coefficient (Wildman–Crippen LogP) is -0.0484. The molecule has 3 rings (SSSR count). The van der Waals surface area contributed by atoms with Gasteiger partial charge in [-0.05, 0) is 47.9 Å². The van der Waals surface area contributed by atoms with Crippen molar-refractivity contribution in [1.29, 1.82) is 0 Å². The number of hydrogen-bond acceptors (Lipinski definition) is 9. The molecule has 1 aliphatic rings. The number of carbonyl (C=O) groups excluding carboxylic acids is 1. The van der Waals surface area contributed by atoms with E-state index in [1.165, 1.54) is 13.2 Å². The largest absolute Gasteiger partial charge is 0.508 e. The van der Waals surface area contributed by atoms with E-state index in [1.54, 1.807) is 48.5 Å². The van der Waals surface area contributed by atoms with E-state index in [0.29, 0.717) is 18.5 Å². The van der Waals surface area contributed by atoms with E-state index in [0.717, 1.165) is 5.56 Å². The predicted molar refractivity (Wildman–Crippen MR) is 121 cm³/mol. The van der Waals surface area contributed by atoms with E-state index >= 15 is 0 Å². The molecule has 0 saturated carbocycles. The van der Waals surface area contributed by atoms with E-state index in [1.807, 2.05) is 0 Å². The summed E-state index contributed by atoms with van der Waals surface area (Å²) in [4.78, 5) is 12.1. The van der Waals surface area contributed by atoms with Crippen LogP contribution in [0, 0.1) is 0 Å². The summed E-state index contributed by atoms with van der Waals surface area (Å²) >= 11 is 0. The normalized spacial score (nSPS) is 24.7. The van der Waals surface area contributed by atoms with Crippen molar-refractivity contribution in [3.8, 4) is 17.2 Å². The molecule has 0 bridgehead atoms. The van der Waals surface area contributed by atoms with Gasteiger partial charge in [0.15, 0.2) is 11.5 Å². The van der Waals surface area contributed by atoms with Crippen molar-refractivity contribution in [1.82, 2.24) is 5.32 Å². The summed E-state index contributed by atoms with van der Waals surface area (Å²) in [5.74, 6) is 0.393. The lowest BCUT2D eigenvalue weighted by Gasteiger charge is -2.39. The lowest BCUT2D eigenvalue weighted by molar-refractivity contribution is -0.277. The van der Waals surface area contributed by atoms with Crippen LogP contribution in [0.3, 0.4) is 0 Å². The first-order valence-electron chi connectivity index (χ1n) is 10.7. The molecule has 0 aromatic heterocycles. The first-order valence-corrected chi connectivity index (χ1v) is 10.7. The maximum atomic E-state index is 12.1. The number of aromatic hydroxyl groups is 1. The average Bonchev–Trinajstić information content (AvgIpc) is 2.84. The van der Waals surface area contributed by atoms with Gasteiger partial charge in [0, 0.05) is 12.6 Å². The fourth-order valence-corrected chi connectivity index (χ4v) is 3.40. The Morgan fingerprint density at radius 1 is 1.06 bits per heavy atom. The van der Waals surface area contributed by atoms with Crippen molar-refractivity contribution in [2.75, 3.05) is 20.3 Å². The zero-order valence-electron chi connectivity index (χ0n) is 18.6. The van der Waals surface area contributed by atoms with E-state index in [4.69, 9.17) is 14.2 Å². The summed E-state index contributed by atoms with van der Waals surface area (Å²) in [7, 11) is 1.42. The molecule has 10 heteroatoms. The minimum atomic E-state index is -1.56. The van der Waals surface area contributed by atoms with Gasteiger partial charge in [0.25, 0.3) is 0 Å². The minimum Gasteiger partial charge on any atom is -0.508 e. The number of carbonyl (C=O) groups is 1. The molecule has 6 N–H and O–H groups in total. The third kappa shape index (κ3) is 6.46. The van der Waals surface area contributed by atoms with E-state index < -0.39 is 37.3 Å². The minimum absolute atomic E-state index is 0.191. The number of aliphatic hydroxyl groups is 4. The second-order valence-electron chi connectivity index (χ2n) is 7.77. The maximum Gasteiger partial charge on any atom is 0.244 e. The molecule has 10 nitrogen and oxygen atoms in total. The average molecular weight is 475 g/mol. The van der Waals surface area contributed by atoms with Gasteiger partial charge < -0.3 is 45.1 Å². The first kappa shape index (κ1) is 25.5. The first-order chi connectivity index (χ1) is 16.3. The van der Waals surface area contributed by atoms with Gasteiger partial charge in [0.05, 0.1) is 13.7 Å². The molecular weight excluding hydrogens is 446 g/mol. The Balaban J connectivity index is 1.58. The topological polar surface area (TPSA) is 158 Å². The Morgan fingerprint density at radius 2 is 1.79 bits per heavy atom. The van der Waals surface area contributed by atoms with Gasteiger partial charge in [-0.3, -0.25) is 4.79 Å². The Bertz CT molecular complexity index is 977. The maximum absolute atomic E-state index is 12.1. The van der Waals surface area contributed by atoms with Crippen molar-refractivity contribution in [2.45, 2.75) is 37.1 Å². The summed E-state index contributed by atoms with van der Waals surface area (Å²) in [6, 6.07) is 11.6. The lowest BCUT2D eigenvalue weighted by Crippen LogP contribution is -2.60. The van der Waals surface area contributed by atoms with Crippen LogP contribution in [0.2, 0.25) is 0 Å². The highest BCUT2D eigenvalue weighted by atomic mass is 16.7. The number of rotatable bonds is 9. The number of aliphatic hydroxyl groups excluding tert-OH is 4. The molecule has 1 amide bonds. The Hall–Kier alpha value is -3.15. The highest BCUT2D eigenvalue weighted by Gasteiger charge is 2.44. The molecule has 0 aliphatic carbocycles. The van der Waals surface area contributed by atoms with Gasteiger partial charge >= 0.3 is 0 Å². The highest BCUT2D eigenvalue weighted by molar-refractivity contribution is 5.91. The number of methoxy groups -OCH3 is 1. The monoisotopic (exact) mass is 475 g/mol. The highest BCUT2D eigenvalue weighted by Crippen LogP contribution is 2.32. The number of amides is 1. The zero-order valence-corrected chi connectivity index (χ0v) is 18.6. The van der Waals surface area contributed by atoms with Crippen LogP contribution in [0.5, 0.6) is 17.2 Å². The SMILES string of the molecule is COc1cc(/C=C/C(=O)NCCc2ccc(O)cc2)ccc1O[C@@H]1O[C@H](CO)[C@@H](O)[C@@H](O)[C@H]1O. The third-order valence-electron chi connectivity index (χ3n) is 5.36. The fraction of sp³-hybridized carbons (Fsp3) is 0.375. The van der Waals surface area contributed by atoms with Gasteiger partial charge in [0.1, 0.15) is 30.2 Å². The van der Waals surface area contributed by atoms with Crippen LogP contribution < -0.4 is 14.8 Å². The summed E-state index contributed by atoms with van der Waals surface area (Å²) in [6.45, 7) is -0.133. The van der Waals surface area contributed by atoms with Crippen LogP contribution in [0.25, 0.3) is 6.08 Å². The van der Waals surface area contributed by atoms with Crippen LogP contribution in [-0.2, 0) is 16.0 Å². The second-order valence-corrected chi connectivity index (χ2v) is 7.77. The van der Waals surface area contributed by atoms with Crippen LogP contribution in [0.1, 0.15) is 11.1 Å². The summed E-state index contributed by atoms with van der Waals surface area (Å²) in [6.07, 6.45) is -3.43. The van der Waals surface area contributed by atoms with Crippen LogP contribution in [-0.4, -0.2) is 82.4 Å². The van der Waals surface area contributed by atoms with Crippen LogP contribution in [0.4, 0.5) is 0 Å². The molecule has 184 valence electrons. The fourth-order valence-electron chi connectivity index (χ4n) is 3.40. The number of phenols is 1. The zero-order chi connectivity index (χ0) is 24.7. The van der Waals surface area contributed by atoms with Crippen molar-refractivity contribution >= 4 is 12.0 Å². The quantitative estimate of drug-likeness (QED) is 0.274. The Kier molecular flexibility index (Phi) is 8.85. The number of ether oxygens (including phenoxy) is 3. The standard InChI is InChI=1S/C24H29NO9/c1-32-18-12-15(5-9-20(28)25-11-10-14-2-6-16(27)7-3-14)4-8-17(18)33-24-23(31)22(30)21(29)19(13-26)34-24/h2-9,12,19,21-24,26-27,29-31H,10-11,13H2,1H3,(H,25,28)/b9-5+/t19-,21-,22-,23-,24-/m1/s1. The number of phenolic OH excluding ortho intramolecular Hbond substituents is 1. The van der Waals surface area contributed by atoms with Gasteiger partial charge in [-0.2, -0.15) is 0 Å². The number of benzene rings is 2. The van der Waals surface area contributed by atoms with Crippen molar-refractivity contribution in [3.05, 3.63) is 59.7 Å². The van der Waals surface area contributed by atoms with Crippen LogP contribution >= 0.6 is 0 Å². The third-order valence-corrected chi connectivity index (χ3v) is 5.36. The molecule has 2 aromatic rings. The van der Waals surface area contributed by atoms with Crippen molar-refractivity contribution < 1.29 is 44.5 Å². The van der Waals surface area contributed by atoms with Gasteiger partial charge in [-0.15, -0.1) is 0 Å². The molecule has 34 heavy (non-hydrogen) atoms. The molecule has 1 aliphatic heterocycles. The Morgan fingerprint density at radius 3 is 2.47 bits per heavy atom. The molecule has 1 heterocycles. The number of nitrogens with one attached hydrogen (secondary N) is 1. The molecule has 1 saturated heterocycles. The smallest absolute Gasteiger partial charge is 0.244 e. The molecule has 0 radical (unpaired) electrons. The molecule has 2 aromatic carbocycles. The van der Waals surface area contributed by atoms with E-state index in [9.17, 15) is 30.3 Å². The Labute approximate surface area is 196 Å². The summed E-state index contributed by atoms with van der Waals surface area (Å²) in [5.41, 5.74) is 1.63. The van der Waals surface area contributed by atoms with Crippen LogP contribution in [0.15, 0.2) is 48.5 Å². The molecular formula is C24H29NO9. The van der Waals surface area contributed by atoms with Gasteiger partial charge in [-0.25, -0.2) is 0 Å². The molecule has 1 fully saturated rings. The molecule has 5 atom stereocenters. The van der Waals surface area contributed by atoms with Gasteiger partial charge in [0.2, 0.25) is 12.2 Å².